The minimum absolute atomic E-state index is 0.418. The molecule has 0 spiro atoms. The van der Waals surface area contributed by atoms with E-state index in [0.717, 1.165) is 14.2 Å². The van der Waals surface area contributed by atoms with Gasteiger partial charge in [0.05, 0.1) is 25.3 Å². The Bertz CT molecular complexity index is 440. The molecule has 17 heavy (non-hydrogen) atoms. The Morgan fingerprint density at radius 1 is 1.24 bits per heavy atom. The van der Waals surface area contributed by atoms with Crippen molar-refractivity contribution in [3.8, 4) is 5.75 Å². The second-order valence-electron chi connectivity index (χ2n) is 3.02. The summed E-state index contributed by atoms with van der Waals surface area (Å²) in [6, 6.07) is 0.856. The number of halogens is 4. The molecule has 3 nitrogen and oxygen atoms in total. The molecule has 0 aliphatic rings. The van der Waals surface area contributed by atoms with Gasteiger partial charge in [0.15, 0.2) is 11.6 Å². The van der Waals surface area contributed by atoms with Crippen LogP contribution in [0.2, 0.25) is 0 Å². The van der Waals surface area contributed by atoms with E-state index < -0.39 is 34.8 Å². The molecular formula is C10H8F4O3. The van der Waals surface area contributed by atoms with E-state index in [1.54, 1.807) is 0 Å². The van der Waals surface area contributed by atoms with Gasteiger partial charge in [0, 0.05) is 0 Å². The van der Waals surface area contributed by atoms with E-state index >= 15 is 0 Å². The SMILES string of the molecule is COC(=O)c1cc(F)c(OC)cc1C(F)(F)F. The van der Waals surface area contributed by atoms with E-state index in [1.807, 2.05) is 0 Å². The van der Waals surface area contributed by atoms with E-state index in [1.165, 1.54) is 0 Å². The third-order valence-corrected chi connectivity index (χ3v) is 2.00. The Morgan fingerprint density at radius 2 is 1.82 bits per heavy atom. The van der Waals surface area contributed by atoms with Crippen LogP contribution in [0.4, 0.5) is 17.6 Å². The molecule has 0 bridgehead atoms. The number of benzene rings is 1. The van der Waals surface area contributed by atoms with Gasteiger partial charge in [-0.25, -0.2) is 9.18 Å². The number of hydrogen-bond donors (Lipinski definition) is 0. The Kier molecular flexibility index (Phi) is 3.59. The normalized spacial score (nSPS) is 11.2. The fourth-order valence-electron chi connectivity index (χ4n) is 1.22. The highest BCUT2D eigenvalue weighted by atomic mass is 19.4. The summed E-state index contributed by atoms with van der Waals surface area (Å²) in [6.07, 6.45) is -4.80. The van der Waals surface area contributed by atoms with Crippen molar-refractivity contribution in [2.75, 3.05) is 14.2 Å². The zero-order valence-corrected chi connectivity index (χ0v) is 8.89. The molecule has 7 heteroatoms. The van der Waals surface area contributed by atoms with Crippen molar-refractivity contribution < 1.29 is 31.8 Å². The van der Waals surface area contributed by atoms with Crippen LogP contribution in [0.15, 0.2) is 12.1 Å². The van der Waals surface area contributed by atoms with Gasteiger partial charge in [0.25, 0.3) is 0 Å². The van der Waals surface area contributed by atoms with E-state index in [-0.39, 0.29) is 0 Å². The molecular weight excluding hydrogens is 244 g/mol. The van der Waals surface area contributed by atoms with Crippen molar-refractivity contribution in [1.82, 2.24) is 0 Å². The minimum atomic E-state index is -4.80. The molecule has 0 unspecified atom stereocenters. The highest BCUT2D eigenvalue weighted by Crippen LogP contribution is 2.35. The van der Waals surface area contributed by atoms with Gasteiger partial charge < -0.3 is 9.47 Å². The number of carbonyl (C=O) groups is 1. The lowest BCUT2D eigenvalue weighted by Crippen LogP contribution is -2.15. The molecule has 0 saturated carbocycles. The molecule has 0 aliphatic carbocycles. The number of ether oxygens (including phenoxy) is 2. The molecule has 94 valence electrons. The summed E-state index contributed by atoms with van der Waals surface area (Å²) in [7, 11) is 1.93. The average Bonchev–Trinajstić information content (AvgIpc) is 2.26. The molecule has 1 aromatic rings. The van der Waals surface area contributed by atoms with Gasteiger partial charge in [0.1, 0.15) is 0 Å². The van der Waals surface area contributed by atoms with Gasteiger partial charge >= 0.3 is 12.1 Å². The van der Waals surface area contributed by atoms with E-state index in [9.17, 15) is 22.4 Å². The summed E-state index contributed by atoms with van der Waals surface area (Å²) < 4.78 is 59.6. The lowest BCUT2D eigenvalue weighted by Gasteiger charge is -2.13. The van der Waals surface area contributed by atoms with Crippen LogP contribution >= 0.6 is 0 Å². The van der Waals surface area contributed by atoms with Crippen molar-refractivity contribution in [1.29, 1.82) is 0 Å². The summed E-state index contributed by atoms with van der Waals surface area (Å²) in [5, 5.41) is 0. The average molecular weight is 252 g/mol. The van der Waals surface area contributed by atoms with Crippen LogP contribution in [-0.4, -0.2) is 20.2 Å². The molecule has 0 radical (unpaired) electrons. The van der Waals surface area contributed by atoms with Crippen molar-refractivity contribution in [2.24, 2.45) is 0 Å². The Balaban J connectivity index is 3.47. The smallest absolute Gasteiger partial charge is 0.417 e. The number of methoxy groups -OCH3 is 2. The first-order valence-electron chi connectivity index (χ1n) is 4.34. The molecule has 0 N–H and O–H groups in total. The van der Waals surface area contributed by atoms with Crippen molar-refractivity contribution >= 4 is 5.97 Å². The largest absolute Gasteiger partial charge is 0.494 e. The first kappa shape index (κ1) is 13.3. The first-order valence-corrected chi connectivity index (χ1v) is 4.34. The second kappa shape index (κ2) is 4.60. The fraction of sp³-hybridized carbons (Fsp3) is 0.300. The quantitative estimate of drug-likeness (QED) is 0.599. The monoisotopic (exact) mass is 252 g/mol. The van der Waals surface area contributed by atoms with Crippen LogP contribution in [0.1, 0.15) is 15.9 Å². The molecule has 0 heterocycles. The highest BCUT2D eigenvalue weighted by molar-refractivity contribution is 5.91. The molecule has 1 aromatic carbocycles. The van der Waals surface area contributed by atoms with Gasteiger partial charge in [0.2, 0.25) is 0 Å². The second-order valence-corrected chi connectivity index (χ2v) is 3.02. The maximum atomic E-state index is 13.2. The van der Waals surface area contributed by atoms with E-state index in [2.05, 4.69) is 9.47 Å². The molecule has 0 amide bonds. The predicted octanol–water partition coefficient (Wildman–Crippen LogP) is 2.64. The maximum absolute atomic E-state index is 13.2. The lowest BCUT2D eigenvalue weighted by atomic mass is 10.1. The summed E-state index contributed by atoms with van der Waals surface area (Å²) in [5.74, 6) is -2.93. The van der Waals surface area contributed by atoms with Crippen LogP contribution in [0.5, 0.6) is 5.75 Å². The third kappa shape index (κ3) is 2.66. The standard InChI is InChI=1S/C10H8F4O3/c1-16-8-4-6(10(12,13)14)5(3-7(8)11)9(15)17-2/h3-4H,1-2H3. The molecule has 0 saturated heterocycles. The Hall–Kier alpha value is -1.79. The summed E-state index contributed by atoms with van der Waals surface area (Å²) in [6.45, 7) is 0. The van der Waals surface area contributed by atoms with Crippen LogP contribution in [0.3, 0.4) is 0 Å². The molecule has 0 atom stereocenters. The number of hydrogen-bond acceptors (Lipinski definition) is 3. The van der Waals surface area contributed by atoms with Gasteiger partial charge in [-0.2, -0.15) is 13.2 Å². The van der Waals surface area contributed by atoms with Gasteiger partial charge in [-0.3, -0.25) is 0 Å². The van der Waals surface area contributed by atoms with Crippen LogP contribution in [-0.2, 0) is 10.9 Å². The molecule has 0 aromatic heterocycles. The molecule has 0 fully saturated rings. The summed E-state index contributed by atoms with van der Waals surface area (Å²) in [5.41, 5.74) is -2.19. The van der Waals surface area contributed by atoms with Crippen molar-refractivity contribution in [2.45, 2.75) is 6.18 Å². The predicted molar refractivity (Wildman–Crippen MR) is 49.3 cm³/mol. The van der Waals surface area contributed by atoms with Gasteiger partial charge in [-0.15, -0.1) is 0 Å². The molecule has 0 aliphatic heterocycles. The zero-order valence-electron chi connectivity index (χ0n) is 8.89. The summed E-state index contributed by atoms with van der Waals surface area (Å²) in [4.78, 5) is 11.1. The van der Waals surface area contributed by atoms with Gasteiger partial charge in [-0.1, -0.05) is 0 Å². The van der Waals surface area contributed by atoms with Crippen LogP contribution < -0.4 is 4.74 Å². The van der Waals surface area contributed by atoms with Gasteiger partial charge in [-0.05, 0) is 12.1 Å². The number of rotatable bonds is 2. The third-order valence-electron chi connectivity index (χ3n) is 2.00. The number of alkyl halides is 3. The summed E-state index contributed by atoms with van der Waals surface area (Å²) >= 11 is 0. The maximum Gasteiger partial charge on any atom is 0.417 e. The van der Waals surface area contributed by atoms with Crippen LogP contribution in [0, 0.1) is 5.82 Å². The van der Waals surface area contributed by atoms with Crippen LogP contribution in [0.25, 0.3) is 0 Å². The minimum Gasteiger partial charge on any atom is -0.494 e. The lowest BCUT2D eigenvalue weighted by molar-refractivity contribution is -0.138. The molecule has 1 rings (SSSR count). The fourth-order valence-corrected chi connectivity index (χ4v) is 1.22. The number of esters is 1. The zero-order chi connectivity index (χ0) is 13.2. The van der Waals surface area contributed by atoms with Crippen molar-refractivity contribution in [3.05, 3.63) is 29.1 Å². The highest BCUT2D eigenvalue weighted by Gasteiger charge is 2.37. The Morgan fingerprint density at radius 3 is 2.24 bits per heavy atom. The first-order chi connectivity index (χ1) is 7.81. The Labute approximate surface area is 93.9 Å². The van der Waals surface area contributed by atoms with Crippen molar-refractivity contribution in [3.63, 3.8) is 0 Å². The number of carbonyl (C=O) groups excluding carboxylic acids is 1. The topological polar surface area (TPSA) is 35.5 Å². The van der Waals surface area contributed by atoms with E-state index in [4.69, 9.17) is 0 Å². The van der Waals surface area contributed by atoms with E-state index in [0.29, 0.717) is 12.1 Å².